The molecule has 30 heavy (non-hydrogen) atoms. The van der Waals surface area contributed by atoms with Gasteiger partial charge in [-0.3, -0.25) is 4.18 Å². The van der Waals surface area contributed by atoms with Crippen LogP contribution >= 0.6 is 23.2 Å². The molecule has 0 fully saturated rings. The molecule has 1 atom stereocenters. The first-order chi connectivity index (χ1) is 14.3. The maximum absolute atomic E-state index is 12.5. The van der Waals surface area contributed by atoms with E-state index >= 15 is 0 Å². The average Bonchev–Trinajstić information content (AvgIpc) is 2.74. The van der Waals surface area contributed by atoms with Crippen molar-refractivity contribution in [3.8, 4) is 22.6 Å². The Hall–Kier alpha value is -2.25. The van der Waals surface area contributed by atoms with Crippen LogP contribution < -0.4 is 9.47 Å². The zero-order valence-corrected chi connectivity index (χ0v) is 18.3. The van der Waals surface area contributed by atoms with Gasteiger partial charge in [0.1, 0.15) is 13.2 Å². The van der Waals surface area contributed by atoms with Crippen molar-refractivity contribution in [3.05, 3.63) is 76.3 Å². The molecule has 3 aromatic rings. The minimum atomic E-state index is -3.90. The number of ether oxygens (including phenoxy) is 2. The van der Waals surface area contributed by atoms with Crippen molar-refractivity contribution < 1.29 is 22.1 Å². The summed E-state index contributed by atoms with van der Waals surface area (Å²) in [6.07, 6.45) is -0.614. The van der Waals surface area contributed by atoms with Crippen molar-refractivity contribution >= 4 is 33.3 Å². The maximum atomic E-state index is 12.5. The Kier molecular flexibility index (Phi) is 5.93. The Morgan fingerprint density at radius 2 is 1.80 bits per heavy atom. The fraction of sp³-hybridized carbons (Fsp3) is 0.182. The first kappa shape index (κ1) is 21.0. The van der Waals surface area contributed by atoms with Gasteiger partial charge in [0.05, 0.1) is 4.90 Å². The van der Waals surface area contributed by atoms with Crippen LogP contribution in [0.25, 0.3) is 11.1 Å². The smallest absolute Gasteiger partial charge is 0.297 e. The largest absolute Gasteiger partial charge is 0.486 e. The number of rotatable bonds is 5. The number of halogens is 2. The zero-order valence-electron chi connectivity index (χ0n) is 16.0. The summed E-state index contributed by atoms with van der Waals surface area (Å²) in [5, 5.41) is 1.05. The third-order valence-corrected chi connectivity index (χ3v) is 6.49. The number of para-hydroxylation sites is 1. The molecule has 0 radical (unpaired) electrons. The Morgan fingerprint density at radius 1 is 1.03 bits per heavy atom. The van der Waals surface area contributed by atoms with Crippen LogP contribution in [0.2, 0.25) is 10.0 Å². The predicted molar refractivity (Wildman–Crippen MR) is 116 cm³/mol. The summed E-state index contributed by atoms with van der Waals surface area (Å²) in [7, 11) is -3.90. The third kappa shape index (κ3) is 4.42. The van der Waals surface area contributed by atoms with Crippen LogP contribution in [0, 0.1) is 6.92 Å². The van der Waals surface area contributed by atoms with Crippen LogP contribution in [0.3, 0.4) is 0 Å². The predicted octanol–water partition coefficient (Wildman–Crippen LogP) is 5.51. The van der Waals surface area contributed by atoms with Gasteiger partial charge in [0, 0.05) is 21.2 Å². The summed E-state index contributed by atoms with van der Waals surface area (Å²) in [6.45, 7) is 1.85. The first-order valence-electron chi connectivity index (χ1n) is 9.17. The zero-order chi connectivity index (χ0) is 21.3. The van der Waals surface area contributed by atoms with Crippen molar-refractivity contribution in [2.24, 2.45) is 0 Å². The molecule has 8 heteroatoms. The van der Waals surface area contributed by atoms with Gasteiger partial charge < -0.3 is 9.47 Å². The molecule has 0 bridgehead atoms. The van der Waals surface area contributed by atoms with Crippen LogP contribution in [0.1, 0.15) is 5.56 Å². The molecule has 1 heterocycles. The molecule has 0 spiro atoms. The molecule has 0 saturated heterocycles. The minimum absolute atomic E-state index is 0.0941. The molecule has 3 aromatic carbocycles. The second-order valence-electron chi connectivity index (χ2n) is 6.86. The van der Waals surface area contributed by atoms with E-state index in [0.29, 0.717) is 32.7 Å². The van der Waals surface area contributed by atoms with E-state index in [2.05, 4.69) is 0 Å². The lowest BCUT2D eigenvalue weighted by Gasteiger charge is -2.28. The van der Waals surface area contributed by atoms with E-state index in [1.54, 1.807) is 36.4 Å². The Balaban J connectivity index is 1.55. The van der Waals surface area contributed by atoms with Crippen LogP contribution in [0.5, 0.6) is 11.5 Å². The normalized spacial score (nSPS) is 15.8. The van der Waals surface area contributed by atoms with Gasteiger partial charge in [-0.25, -0.2) is 0 Å². The number of fused-ring (bicyclic) bond motifs is 1. The second-order valence-corrected chi connectivity index (χ2v) is 9.32. The Morgan fingerprint density at radius 3 is 2.57 bits per heavy atom. The molecule has 156 valence electrons. The molecule has 0 amide bonds. The SMILES string of the molecule is Cc1ccc(S(=O)(=O)OCC2COc3cccc(-c4cc(Cl)ccc4Cl)c3O2)cc1. The summed E-state index contributed by atoms with van der Waals surface area (Å²) < 4.78 is 41.9. The lowest BCUT2D eigenvalue weighted by Crippen LogP contribution is -2.34. The number of benzene rings is 3. The Labute approximate surface area is 185 Å². The standard InChI is InChI=1S/C22H18Cl2O5S/c1-14-5-8-17(9-6-14)30(25,26)28-13-16-12-27-21-4-2-3-18(22(21)29-16)19-11-15(23)7-10-20(19)24/h2-11,16H,12-13H2,1H3. The van der Waals surface area contributed by atoms with Gasteiger partial charge in [-0.1, -0.05) is 53.0 Å². The molecule has 4 rings (SSSR count). The first-order valence-corrected chi connectivity index (χ1v) is 11.3. The molecule has 5 nitrogen and oxygen atoms in total. The van der Waals surface area contributed by atoms with Crippen LogP contribution in [0.4, 0.5) is 0 Å². The summed E-state index contributed by atoms with van der Waals surface area (Å²) in [6, 6.07) is 17.0. The molecule has 0 saturated carbocycles. The Bertz CT molecular complexity index is 1180. The molecule has 0 aromatic heterocycles. The van der Waals surface area contributed by atoms with Crippen molar-refractivity contribution in [2.75, 3.05) is 13.2 Å². The summed E-state index contributed by atoms with van der Waals surface area (Å²) >= 11 is 12.5. The van der Waals surface area contributed by atoms with E-state index in [9.17, 15) is 8.42 Å². The van der Waals surface area contributed by atoms with Crippen LogP contribution in [-0.4, -0.2) is 27.7 Å². The highest BCUT2D eigenvalue weighted by molar-refractivity contribution is 7.86. The summed E-state index contributed by atoms with van der Waals surface area (Å²) in [5.74, 6) is 1.01. The van der Waals surface area contributed by atoms with Crippen LogP contribution in [-0.2, 0) is 14.3 Å². The van der Waals surface area contributed by atoms with E-state index in [1.165, 1.54) is 12.1 Å². The van der Waals surface area contributed by atoms with Gasteiger partial charge in [-0.15, -0.1) is 0 Å². The number of hydrogen-bond donors (Lipinski definition) is 0. The monoisotopic (exact) mass is 464 g/mol. The van der Waals surface area contributed by atoms with E-state index in [4.69, 9.17) is 36.9 Å². The van der Waals surface area contributed by atoms with Gasteiger partial charge >= 0.3 is 0 Å². The van der Waals surface area contributed by atoms with Gasteiger partial charge in [0.15, 0.2) is 17.6 Å². The van der Waals surface area contributed by atoms with Gasteiger partial charge in [0.25, 0.3) is 10.1 Å². The van der Waals surface area contributed by atoms with E-state index in [0.717, 1.165) is 5.56 Å². The summed E-state index contributed by atoms with van der Waals surface area (Å²) in [5.41, 5.74) is 2.35. The fourth-order valence-corrected chi connectivity index (χ4v) is 4.40. The number of hydrogen-bond acceptors (Lipinski definition) is 5. The fourth-order valence-electron chi connectivity index (χ4n) is 3.07. The quantitative estimate of drug-likeness (QED) is 0.465. The highest BCUT2D eigenvalue weighted by atomic mass is 35.5. The molecular weight excluding hydrogens is 447 g/mol. The van der Waals surface area contributed by atoms with E-state index in [1.807, 2.05) is 19.1 Å². The third-order valence-electron chi connectivity index (χ3n) is 4.63. The van der Waals surface area contributed by atoms with E-state index < -0.39 is 16.2 Å². The van der Waals surface area contributed by atoms with Crippen molar-refractivity contribution in [2.45, 2.75) is 17.9 Å². The second kappa shape index (κ2) is 8.47. The lowest BCUT2D eigenvalue weighted by molar-refractivity contribution is 0.0561. The molecule has 1 aliphatic rings. The van der Waals surface area contributed by atoms with Gasteiger partial charge in [0.2, 0.25) is 0 Å². The van der Waals surface area contributed by atoms with Crippen LogP contribution in [0.15, 0.2) is 65.6 Å². The summed E-state index contributed by atoms with van der Waals surface area (Å²) in [4.78, 5) is 0.0941. The molecule has 1 unspecified atom stereocenters. The maximum Gasteiger partial charge on any atom is 0.297 e. The van der Waals surface area contributed by atoms with Crippen molar-refractivity contribution in [1.29, 1.82) is 0 Å². The average molecular weight is 465 g/mol. The molecular formula is C22H18Cl2O5S. The molecule has 1 aliphatic heterocycles. The van der Waals surface area contributed by atoms with E-state index in [-0.39, 0.29) is 18.1 Å². The topological polar surface area (TPSA) is 61.8 Å². The van der Waals surface area contributed by atoms with Crippen molar-refractivity contribution in [1.82, 2.24) is 0 Å². The van der Waals surface area contributed by atoms with Crippen molar-refractivity contribution in [3.63, 3.8) is 0 Å². The van der Waals surface area contributed by atoms with Gasteiger partial charge in [-0.05, 0) is 43.3 Å². The highest BCUT2D eigenvalue weighted by Crippen LogP contribution is 2.43. The minimum Gasteiger partial charge on any atom is -0.486 e. The van der Waals surface area contributed by atoms with Gasteiger partial charge in [-0.2, -0.15) is 8.42 Å². The molecule has 0 aliphatic carbocycles. The highest BCUT2D eigenvalue weighted by Gasteiger charge is 2.27. The lowest BCUT2D eigenvalue weighted by atomic mass is 10.0. The molecule has 0 N–H and O–H groups in total. The number of aryl methyl sites for hydroxylation is 1.